The number of halogens is 1. The first-order chi connectivity index (χ1) is 23.5. The summed E-state index contributed by atoms with van der Waals surface area (Å²) in [5.41, 5.74) is -3.08. The van der Waals surface area contributed by atoms with E-state index >= 15 is 4.39 Å². The number of aliphatic carboxylic acids is 1. The number of nitrogens with zero attached hydrogens (tertiary/aromatic N) is 1. The lowest BCUT2D eigenvalue weighted by Crippen LogP contribution is -2.66. The van der Waals surface area contributed by atoms with Gasteiger partial charge < -0.3 is 30.1 Å². The molecule has 16 heteroatoms. The van der Waals surface area contributed by atoms with E-state index in [-0.39, 0.29) is 37.2 Å². The first-order valence-electron chi connectivity index (χ1n) is 16.3. The Hall–Kier alpha value is -4.06. The van der Waals surface area contributed by atoms with Crippen LogP contribution in [0.3, 0.4) is 0 Å². The number of aliphatic hydroxyl groups is 2. The number of nitrogens with one attached hydrogen (secondary N) is 1. The lowest BCUT2D eigenvalue weighted by atomic mass is 9.45. The van der Waals surface area contributed by atoms with E-state index in [0.29, 0.717) is 24.0 Å². The highest BCUT2D eigenvalue weighted by Gasteiger charge is 2.72. The molecule has 6 N–H and O–H groups in total. The second kappa shape index (κ2) is 14.3. The minimum Gasteiger partial charge on any atom is -0.480 e. The fourth-order valence-corrected chi connectivity index (χ4v) is 8.69. The number of hydrogen-bond acceptors (Lipinski definition) is 13. The maximum atomic E-state index is 17.3. The molecule has 1 aromatic carbocycles. The number of fused-ring (bicyclic) bond motifs is 5. The van der Waals surface area contributed by atoms with Gasteiger partial charge in [-0.05, 0) is 80.2 Å². The van der Waals surface area contributed by atoms with Gasteiger partial charge in [-0.15, -0.1) is 0 Å². The predicted octanol–water partition coefficient (Wildman–Crippen LogP) is 2.10. The Balaban J connectivity index is 1.17. The van der Waals surface area contributed by atoms with Crippen LogP contribution in [0.2, 0.25) is 0 Å². The molecule has 5 rings (SSSR count). The summed E-state index contributed by atoms with van der Waals surface area (Å²) in [5, 5.41) is 50.8. The van der Waals surface area contributed by atoms with Crippen molar-refractivity contribution in [3.8, 4) is 0 Å². The Labute approximate surface area is 286 Å². The van der Waals surface area contributed by atoms with E-state index in [1.54, 1.807) is 26.0 Å². The van der Waals surface area contributed by atoms with Crippen LogP contribution in [0.25, 0.3) is 0 Å². The van der Waals surface area contributed by atoms with Gasteiger partial charge in [0.2, 0.25) is 0 Å². The Bertz CT molecular complexity index is 1580. The Kier molecular flexibility index (Phi) is 10.6. The molecule has 5 unspecified atom stereocenters. The van der Waals surface area contributed by atoms with Crippen molar-refractivity contribution in [2.45, 2.75) is 69.9 Å². The largest absolute Gasteiger partial charge is 0.480 e. The number of ketones is 2. The number of esters is 1. The molecule has 1 aromatic rings. The van der Waals surface area contributed by atoms with Crippen molar-refractivity contribution >= 4 is 29.6 Å². The fourth-order valence-electron chi connectivity index (χ4n) is 8.69. The molecule has 15 nitrogen and oxygen atoms in total. The standard InChI is InChI=1S/C34H41FN2O13/c1-32-15-27(41)34(35)22(8-7-20-13-21(38)9-11-33(20,34)2)23(32)14-25(39)28(32)26(40)17-49-31(45)36-24(29(42)43)16-48-30(44)19-5-3-18(4-6-19)10-12-50-37(46)47/h3-6,9,11,13,22-25,27-28,39,41,46-47H,7-8,10,12,14-17H2,1-2H3,(H,36,45)(H,42,43)/t22-,23?,24?,25?,27-,28?,32-,33-,34?/m0/s1. The number of aliphatic hydroxyl groups excluding tert-OH is 2. The number of benzene rings is 1. The number of carbonyl (C=O) groups excluding carboxylic acids is 4. The topological polar surface area (TPSA) is 229 Å². The summed E-state index contributed by atoms with van der Waals surface area (Å²) in [4.78, 5) is 66.8. The molecule has 9 atom stereocenters. The number of alkyl carbamates (subject to hydrolysis) is 1. The summed E-state index contributed by atoms with van der Waals surface area (Å²) in [5.74, 6) is -5.72. The van der Waals surface area contributed by atoms with E-state index in [2.05, 4.69) is 4.84 Å². The quantitative estimate of drug-likeness (QED) is 0.135. The molecule has 0 spiro atoms. The number of hydrogen-bond donors (Lipinski definition) is 6. The second-order valence-corrected chi connectivity index (χ2v) is 13.8. The van der Waals surface area contributed by atoms with E-state index in [1.807, 2.05) is 5.32 Å². The number of Topliss-reactive ketones (excluding diaryl/α,β-unsaturated/α-hetero) is 1. The summed E-state index contributed by atoms with van der Waals surface area (Å²) in [6.07, 6.45) is 1.11. The van der Waals surface area contributed by atoms with Crippen molar-refractivity contribution in [2.24, 2.45) is 28.6 Å². The van der Waals surface area contributed by atoms with Crippen LogP contribution < -0.4 is 5.32 Å². The minimum atomic E-state index is -2.15. The normalized spacial score (nSPS) is 33.4. The zero-order valence-electron chi connectivity index (χ0n) is 27.5. The molecule has 50 heavy (non-hydrogen) atoms. The maximum Gasteiger partial charge on any atom is 0.408 e. The molecule has 3 fully saturated rings. The molecular formula is C34H41FN2O13. The van der Waals surface area contributed by atoms with Crippen LogP contribution in [0.5, 0.6) is 0 Å². The number of rotatable bonds is 12. The van der Waals surface area contributed by atoms with Gasteiger partial charge in [-0.1, -0.05) is 30.7 Å². The first kappa shape index (κ1) is 37.2. The molecule has 4 aliphatic rings. The summed E-state index contributed by atoms with van der Waals surface area (Å²) >= 11 is 0. The SMILES string of the molecule is C[C@]12C[C@H](O)C3(F)[C@@H](CCC4=CC(=O)C=C[C@@]43C)C1CC(O)C2C(=O)COC(=O)NC(COC(=O)c1ccc(CCON(O)O)cc1)C(=O)O. The average Bonchev–Trinajstić information content (AvgIpc) is 3.31. The van der Waals surface area contributed by atoms with Crippen molar-refractivity contribution in [1.82, 2.24) is 10.7 Å². The van der Waals surface area contributed by atoms with Crippen LogP contribution >= 0.6 is 0 Å². The number of carbonyl (C=O) groups is 5. The third kappa shape index (κ3) is 6.83. The molecule has 3 saturated carbocycles. The third-order valence-corrected chi connectivity index (χ3v) is 11.1. The zero-order valence-corrected chi connectivity index (χ0v) is 27.5. The molecule has 0 radical (unpaired) electrons. The number of ether oxygens (including phenoxy) is 2. The van der Waals surface area contributed by atoms with Crippen molar-refractivity contribution < 1.29 is 68.4 Å². The van der Waals surface area contributed by atoms with Crippen molar-refractivity contribution in [1.29, 1.82) is 0 Å². The van der Waals surface area contributed by atoms with Gasteiger partial charge in [-0.25, -0.2) is 18.8 Å². The highest BCUT2D eigenvalue weighted by atomic mass is 19.1. The lowest BCUT2D eigenvalue weighted by Gasteiger charge is -2.61. The van der Waals surface area contributed by atoms with E-state index in [0.717, 1.165) is 0 Å². The van der Waals surface area contributed by atoms with Gasteiger partial charge in [-0.3, -0.25) is 24.8 Å². The monoisotopic (exact) mass is 704 g/mol. The number of alkyl halides is 1. The Morgan fingerprint density at radius 2 is 1.78 bits per heavy atom. The third-order valence-electron chi connectivity index (χ3n) is 11.1. The van der Waals surface area contributed by atoms with Gasteiger partial charge in [0.15, 0.2) is 29.9 Å². The van der Waals surface area contributed by atoms with Crippen molar-refractivity contribution in [3.63, 3.8) is 0 Å². The number of amides is 1. The van der Waals surface area contributed by atoms with Crippen LogP contribution in [-0.2, 0) is 35.1 Å². The molecule has 0 saturated heterocycles. The van der Waals surface area contributed by atoms with Crippen molar-refractivity contribution in [2.75, 3.05) is 19.8 Å². The van der Waals surface area contributed by atoms with Crippen LogP contribution in [0, 0.1) is 28.6 Å². The fraction of sp³-hybridized carbons (Fsp3) is 0.559. The van der Waals surface area contributed by atoms with E-state index in [1.165, 1.54) is 30.4 Å². The number of allylic oxidation sites excluding steroid dienone is 4. The van der Waals surface area contributed by atoms with Gasteiger partial charge in [0, 0.05) is 11.3 Å². The molecule has 0 aliphatic heterocycles. The molecule has 272 valence electrons. The molecule has 1 amide bonds. The summed E-state index contributed by atoms with van der Waals surface area (Å²) < 4.78 is 27.3. The van der Waals surface area contributed by atoms with Gasteiger partial charge in [0.1, 0.15) is 6.61 Å². The van der Waals surface area contributed by atoms with E-state index in [4.69, 9.17) is 19.9 Å². The smallest absolute Gasteiger partial charge is 0.408 e. The molecule has 0 aromatic heterocycles. The summed E-state index contributed by atoms with van der Waals surface area (Å²) in [7, 11) is 0. The van der Waals surface area contributed by atoms with Crippen molar-refractivity contribution in [3.05, 3.63) is 59.2 Å². The predicted molar refractivity (Wildman–Crippen MR) is 166 cm³/mol. The van der Waals surface area contributed by atoms with Gasteiger partial charge in [0.05, 0.1) is 35.7 Å². The summed E-state index contributed by atoms with van der Waals surface area (Å²) in [6.45, 7) is 1.70. The van der Waals surface area contributed by atoms with Gasteiger partial charge >= 0.3 is 18.0 Å². The van der Waals surface area contributed by atoms with Crippen LogP contribution in [0.4, 0.5) is 9.18 Å². The Morgan fingerprint density at radius 3 is 2.44 bits per heavy atom. The van der Waals surface area contributed by atoms with Crippen LogP contribution in [-0.4, -0.2) is 104 Å². The van der Waals surface area contributed by atoms with Gasteiger partial charge in [0.25, 0.3) is 0 Å². The Morgan fingerprint density at radius 1 is 1.08 bits per heavy atom. The second-order valence-electron chi connectivity index (χ2n) is 13.8. The number of carboxylic acid groups (broad SMARTS) is 1. The molecule has 4 aliphatic carbocycles. The van der Waals surface area contributed by atoms with E-state index in [9.17, 15) is 39.3 Å². The van der Waals surface area contributed by atoms with Crippen LogP contribution in [0.1, 0.15) is 55.5 Å². The maximum absolute atomic E-state index is 17.3. The number of carboxylic acids is 1. The minimum absolute atomic E-state index is 0.0596. The summed E-state index contributed by atoms with van der Waals surface area (Å²) in [6, 6.07) is 4.16. The zero-order chi connectivity index (χ0) is 36.6. The highest BCUT2D eigenvalue weighted by Crippen LogP contribution is 2.68. The molecule has 0 heterocycles. The molecule has 0 bridgehead atoms. The highest BCUT2D eigenvalue weighted by molar-refractivity contribution is 6.01. The van der Waals surface area contributed by atoms with Crippen LogP contribution in [0.15, 0.2) is 48.1 Å². The average molecular weight is 705 g/mol. The first-order valence-corrected chi connectivity index (χ1v) is 16.3. The van der Waals surface area contributed by atoms with E-state index < -0.39 is 94.9 Å². The molecular weight excluding hydrogens is 663 g/mol. The van der Waals surface area contributed by atoms with Gasteiger partial charge in [-0.2, -0.15) is 0 Å². The lowest BCUT2D eigenvalue weighted by molar-refractivity contribution is -0.492.